The number of hydrogen-bond donors (Lipinski definition) is 1. The third-order valence-electron chi connectivity index (χ3n) is 5.84. The van der Waals surface area contributed by atoms with Crippen LogP contribution in [0.1, 0.15) is 47.7 Å². The minimum atomic E-state index is -3.74. The first-order valence-corrected chi connectivity index (χ1v) is 13.1. The van der Waals surface area contributed by atoms with Gasteiger partial charge in [-0.05, 0) is 91.4 Å². The van der Waals surface area contributed by atoms with Gasteiger partial charge in [0.25, 0.3) is 15.9 Å². The van der Waals surface area contributed by atoms with Crippen molar-refractivity contribution >= 4 is 38.9 Å². The number of carbonyl (C=O) groups excluding carboxylic acids is 1. The van der Waals surface area contributed by atoms with Crippen molar-refractivity contribution in [3.63, 3.8) is 0 Å². The van der Waals surface area contributed by atoms with E-state index < -0.39 is 10.0 Å². The largest absolute Gasteiger partial charge is 0.308 e. The van der Waals surface area contributed by atoms with Crippen molar-refractivity contribution in [3.05, 3.63) is 88.4 Å². The van der Waals surface area contributed by atoms with E-state index in [2.05, 4.69) is 11.6 Å². The van der Waals surface area contributed by atoms with Gasteiger partial charge in [-0.15, -0.1) is 0 Å². The highest BCUT2D eigenvalue weighted by atomic mass is 35.5. The average molecular weight is 483 g/mol. The summed E-state index contributed by atoms with van der Waals surface area (Å²) in [5.41, 5.74) is 3.88. The highest BCUT2D eigenvalue weighted by Gasteiger charge is 2.25. The molecule has 3 aromatic carbocycles. The molecule has 7 heteroatoms. The Labute approximate surface area is 200 Å². The van der Waals surface area contributed by atoms with Crippen LogP contribution >= 0.6 is 11.6 Å². The van der Waals surface area contributed by atoms with E-state index in [1.807, 2.05) is 12.1 Å². The molecule has 0 aromatic heterocycles. The summed E-state index contributed by atoms with van der Waals surface area (Å²) in [5, 5.41) is 0.573. The topological polar surface area (TPSA) is 66.5 Å². The maximum atomic E-state index is 13.0. The number of rotatable bonds is 7. The third-order valence-corrected chi connectivity index (χ3v) is 7.47. The van der Waals surface area contributed by atoms with Gasteiger partial charge < -0.3 is 4.90 Å². The molecule has 0 radical (unpaired) electrons. The second kappa shape index (κ2) is 9.98. The number of amides is 1. The summed E-state index contributed by atoms with van der Waals surface area (Å²) in [6, 6.07) is 19.3. The second-order valence-electron chi connectivity index (χ2n) is 8.26. The molecule has 0 unspecified atom stereocenters. The van der Waals surface area contributed by atoms with Crippen LogP contribution in [0.4, 0.5) is 11.4 Å². The van der Waals surface area contributed by atoms with Crippen LogP contribution in [0.3, 0.4) is 0 Å². The Balaban J connectivity index is 1.54. The van der Waals surface area contributed by atoms with Gasteiger partial charge in [-0.1, -0.05) is 37.1 Å². The molecule has 1 aliphatic rings. The lowest BCUT2D eigenvalue weighted by Crippen LogP contribution is -2.35. The summed E-state index contributed by atoms with van der Waals surface area (Å²) in [5.74, 6) is -0.121. The van der Waals surface area contributed by atoms with Crippen molar-refractivity contribution in [2.24, 2.45) is 0 Å². The molecular weight excluding hydrogens is 456 g/mol. The summed E-state index contributed by atoms with van der Waals surface area (Å²) in [6.45, 7) is 2.73. The summed E-state index contributed by atoms with van der Waals surface area (Å²) in [7, 11) is -3.74. The summed E-state index contributed by atoms with van der Waals surface area (Å²) < 4.78 is 28.7. The lowest BCUT2D eigenvalue weighted by Gasteiger charge is -2.30. The van der Waals surface area contributed by atoms with E-state index in [-0.39, 0.29) is 10.8 Å². The Morgan fingerprint density at radius 1 is 1.03 bits per heavy atom. The predicted molar refractivity (Wildman–Crippen MR) is 134 cm³/mol. The third kappa shape index (κ3) is 5.40. The van der Waals surface area contributed by atoms with E-state index in [0.29, 0.717) is 22.8 Å². The summed E-state index contributed by atoms with van der Waals surface area (Å²) in [4.78, 5) is 14.9. The molecule has 0 saturated heterocycles. The number of carbonyl (C=O) groups is 1. The number of hydrogen-bond acceptors (Lipinski definition) is 3. The Bertz CT molecular complexity index is 1240. The van der Waals surface area contributed by atoms with E-state index in [1.54, 1.807) is 59.5 Å². The molecule has 1 aliphatic heterocycles. The van der Waals surface area contributed by atoms with Crippen molar-refractivity contribution in [3.8, 4) is 0 Å². The SMILES string of the molecule is CCCCc1ccc(NS(=O)(=O)c2ccc3c(c2)CCCN3C(=O)c2ccc(Cl)cc2)cc1. The van der Waals surface area contributed by atoms with Gasteiger partial charge in [0, 0.05) is 28.5 Å². The number of nitrogens with one attached hydrogen (secondary N) is 1. The smallest absolute Gasteiger partial charge is 0.261 e. The summed E-state index contributed by atoms with van der Waals surface area (Å²) >= 11 is 5.94. The first-order valence-electron chi connectivity index (χ1n) is 11.2. The Kier molecular flexibility index (Phi) is 7.05. The van der Waals surface area contributed by atoms with Gasteiger partial charge >= 0.3 is 0 Å². The number of halogens is 1. The van der Waals surface area contributed by atoms with Gasteiger partial charge in [0.1, 0.15) is 0 Å². The number of aryl methyl sites for hydroxylation is 2. The fourth-order valence-corrected chi connectivity index (χ4v) is 5.27. The molecule has 0 bridgehead atoms. The number of fused-ring (bicyclic) bond motifs is 1. The molecule has 1 N–H and O–H groups in total. The van der Waals surface area contributed by atoms with Crippen molar-refractivity contribution in [2.75, 3.05) is 16.2 Å². The number of unbranched alkanes of at least 4 members (excludes halogenated alkanes) is 1. The van der Waals surface area contributed by atoms with Gasteiger partial charge in [0.15, 0.2) is 0 Å². The minimum Gasteiger partial charge on any atom is -0.308 e. The molecule has 0 fully saturated rings. The van der Waals surface area contributed by atoms with Crippen LogP contribution in [0.25, 0.3) is 0 Å². The quantitative estimate of drug-likeness (QED) is 0.444. The van der Waals surface area contributed by atoms with Gasteiger partial charge in [-0.25, -0.2) is 8.42 Å². The molecule has 172 valence electrons. The van der Waals surface area contributed by atoms with E-state index in [4.69, 9.17) is 11.6 Å². The molecule has 1 amide bonds. The summed E-state index contributed by atoms with van der Waals surface area (Å²) in [6.07, 6.45) is 4.70. The van der Waals surface area contributed by atoms with Crippen LogP contribution in [-0.4, -0.2) is 20.9 Å². The van der Waals surface area contributed by atoms with Gasteiger partial charge in [0.2, 0.25) is 0 Å². The van der Waals surface area contributed by atoms with E-state index in [9.17, 15) is 13.2 Å². The molecule has 3 aromatic rings. The molecule has 5 nitrogen and oxygen atoms in total. The number of benzene rings is 3. The molecule has 4 rings (SSSR count). The maximum Gasteiger partial charge on any atom is 0.261 e. The van der Waals surface area contributed by atoms with Crippen molar-refractivity contribution in [1.82, 2.24) is 0 Å². The zero-order valence-corrected chi connectivity index (χ0v) is 20.1. The average Bonchev–Trinajstić information content (AvgIpc) is 2.82. The van der Waals surface area contributed by atoms with E-state index >= 15 is 0 Å². The molecule has 0 saturated carbocycles. The molecular formula is C26H27ClN2O3S. The molecule has 0 spiro atoms. The Morgan fingerprint density at radius 3 is 2.45 bits per heavy atom. The zero-order chi connectivity index (χ0) is 23.4. The second-order valence-corrected chi connectivity index (χ2v) is 10.4. The molecule has 0 aliphatic carbocycles. The van der Waals surface area contributed by atoms with Crippen molar-refractivity contribution in [1.29, 1.82) is 0 Å². The monoisotopic (exact) mass is 482 g/mol. The minimum absolute atomic E-state index is 0.121. The maximum absolute atomic E-state index is 13.0. The van der Waals surface area contributed by atoms with Crippen LogP contribution in [0.15, 0.2) is 71.6 Å². The van der Waals surface area contributed by atoms with Gasteiger partial charge in [0.05, 0.1) is 4.90 Å². The standard InChI is InChI=1S/C26H27ClN2O3S/c1-2-3-5-19-7-13-23(14-8-19)28-33(31,32)24-15-16-25-21(18-24)6-4-17-29(25)26(30)20-9-11-22(27)12-10-20/h7-16,18,28H,2-6,17H2,1H3. The molecule has 0 atom stereocenters. The van der Waals surface area contributed by atoms with Gasteiger partial charge in [-0.3, -0.25) is 9.52 Å². The highest BCUT2D eigenvalue weighted by molar-refractivity contribution is 7.92. The van der Waals surface area contributed by atoms with Crippen LogP contribution in [0.2, 0.25) is 5.02 Å². The Morgan fingerprint density at radius 2 is 1.76 bits per heavy atom. The first-order chi connectivity index (χ1) is 15.9. The zero-order valence-electron chi connectivity index (χ0n) is 18.6. The van der Waals surface area contributed by atoms with Crippen molar-refractivity contribution < 1.29 is 13.2 Å². The fraction of sp³-hybridized carbons (Fsp3) is 0.269. The lowest BCUT2D eigenvalue weighted by molar-refractivity contribution is 0.0985. The Hall–Kier alpha value is -2.83. The molecule has 1 heterocycles. The van der Waals surface area contributed by atoms with Crippen LogP contribution in [0, 0.1) is 0 Å². The van der Waals surface area contributed by atoms with Crippen molar-refractivity contribution in [2.45, 2.75) is 43.9 Å². The molecule has 33 heavy (non-hydrogen) atoms. The van der Waals surface area contributed by atoms with Crippen LogP contribution in [-0.2, 0) is 22.9 Å². The van der Waals surface area contributed by atoms with Gasteiger partial charge in [-0.2, -0.15) is 0 Å². The number of anilines is 2. The number of sulfonamides is 1. The normalized spacial score (nSPS) is 13.5. The first kappa shape index (κ1) is 23.3. The van der Waals surface area contributed by atoms with E-state index in [0.717, 1.165) is 43.4 Å². The number of nitrogens with zero attached hydrogens (tertiary/aromatic N) is 1. The fourth-order valence-electron chi connectivity index (χ4n) is 4.03. The predicted octanol–water partition coefficient (Wildman–Crippen LogP) is 6.08. The van der Waals surface area contributed by atoms with Crippen LogP contribution in [0.5, 0.6) is 0 Å². The van der Waals surface area contributed by atoms with Crippen LogP contribution < -0.4 is 9.62 Å². The lowest BCUT2D eigenvalue weighted by atomic mass is 10.0. The highest BCUT2D eigenvalue weighted by Crippen LogP contribution is 2.31. The van der Waals surface area contributed by atoms with E-state index in [1.165, 1.54) is 5.56 Å².